The van der Waals surface area contributed by atoms with Gasteiger partial charge in [0.2, 0.25) is 0 Å². The fourth-order valence-electron chi connectivity index (χ4n) is 3.32. The van der Waals surface area contributed by atoms with Crippen LogP contribution in [-0.4, -0.2) is 34.1 Å². The van der Waals surface area contributed by atoms with E-state index in [9.17, 15) is 0 Å². The smallest absolute Gasteiger partial charge is 0.108 e. The van der Waals surface area contributed by atoms with Gasteiger partial charge in [-0.3, -0.25) is 0 Å². The van der Waals surface area contributed by atoms with Crippen LogP contribution in [0.25, 0.3) is 0 Å². The number of hydrogen-bond donors (Lipinski definition) is 0. The summed E-state index contributed by atoms with van der Waals surface area (Å²) in [6.07, 6.45) is 7.61. The maximum Gasteiger partial charge on any atom is 0.108 e. The normalized spacial score (nSPS) is 17.2. The summed E-state index contributed by atoms with van der Waals surface area (Å²) in [6.45, 7) is 6.82. The van der Waals surface area contributed by atoms with Gasteiger partial charge in [0.05, 0.1) is 0 Å². The van der Waals surface area contributed by atoms with Gasteiger partial charge < -0.3 is 9.47 Å². The molecule has 1 aromatic heterocycles. The molecule has 0 bridgehead atoms. The molecule has 21 heavy (non-hydrogen) atoms. The van der Waals surface area contributed by atoms with Crippen LogP contribution in [0.4, 0.5) is 0 Å². The Bertz CT molecular complexity index is 539. The van der Waals surface area contributed by atoms with E-state index in [2.05, 4.69) is 57.9 Å². The quantitative estimate of drug-likeness (QED) is 0.839. The largest absolute Gasteiger partial charge is 0.334 e. The molecule has 1 aromatic carbocycles. The van der Waals surface area contributed by atoms with Crippen molar-refractivity contribution >= 4 is 0 Å². The molecule has 3 nitrogen and oxygen atoms in total. The number of likely N-dealkylation sites (tertiary alicyclic amines) is 1. The molecule has 0 saturated carbocycles. The van der Waals surface area contributed by atoms with E-state index in [1.165, 1.54) is 37.3 Å². The van der Waals surface area contributed by atoms with Crippen molar-refractivity contribution < 1.29 is 0 Å². The van der Waals surface area contributed by atoms with E-state index < -0.39 is 0 Å². The van der Waals surface area contributed by atoms with Crippen molar-refractivity contribution in [1.29, 1.82) is 0 Å². The lowest BCUT2D eigenvalue weighted by Crippen LogP contribution is -2.35. The number of benzene rings is 1. The maximum absolute atomic E-state index is 4.39. The Morgan fingerprint density at radius 1 is 1.10 bits per heavy atom. The fourth-order valence-corrected chi connectivity index (χ4v) is 3.32. The number of piperidine rings is 1. The highest BCUT2D eigenvalue weighted by atomic mass is 15.2. The summed E-state index contributed by atoms with van der Waals surface area (Å²) < 4.78 is 2.29. The van der Waals surface area contributed by atoms with Gasteiger partial charge in [-0.25, -0.2) is 4.98 Å². The molecule has 2 heterocycles. The number of hydrogen-bond acceptors (Lipinski definition) is 2. The SMILES string of the molecule is CCc1nccn1CCN1CCC(c2ccccc2)CC1. The van der Waals surface area contributed by atoms with Crippen molar-refractivity contribution in [3.8, 4) is 0 Å². The Morgan fingerprint density at radius 2 is 1.86 bits per heavy atom. The van der Waals surface area contributed by atoms with Gasteiger partial charge in [0.15, 0.2) is 0 Å². The third-order valence-electron chi connectivity index (χ3n) is 4.63. The van der Waals surface area contributed by atoms with E-state index in [0.717, 1.165) is 25.4 Å². The second kappa shape index (κ2) is 6.90. The second-order valence-electron chi connectivity index (χ2n) is 5.92. The molecule has 1 aliphatic rings. The number of rotatable bonds is 5. The molecule has 0 spiro atoms. The van der Waals surface area contributed by atoms with E-state index in [4.69, 9.17) is 0 Å². The van der Waals surface area contributed by atoms with Gasteiger partial charge in [0, 0.05) is 31.9 Å². The summed E-state index contributed by atoms with van der Waals surface area (Å²) in [5.74, 6) is 1.95. The van der Waals surface area contributed by atoms with Gasteiger partial charge >= 0.3 is 0 Å². The number of aromatic nitrogens is 2. The van der Waals surface area contributed by atoms with Crippen molar-refractivity contribution in [3.63, 3.8) is 0 Å². The van der Waals surface area contributed by atoms with Gasteiger partial charge in [-0.15, -0.1) is 0 Å². The summed E-state index contributed by atoms with van der Waals surface area (Å²) in [6, 6.07) is 11.0. The average Bonchev–Trinajstić information content (AvgIpc) is 3.02. The molecule has 3 rings (SSSR count). The molecule has 0 radical (unpaired) electrons. The Morgan fingerprint density at radius 3 is 2.57 bits per heavy atom. The zero-order valence-corrected chi connectivity index (χ0v) is 12.9. The zero-order chi connectivity index (χ0) is 14.5. The van der Waals surface area contributed by atoms with Crippen LogP contribution in [-0.2, 0) is 13.0 Å². The highest BCUT2D eigenvalue weighted by molar-refractivity contribution is 5.20. The fraction of sp³-hybridized carbons (Fsp3) is 0.500. The van der Waals surface area contributed by atoms with E-state index in [0.29, 0.717) is 0 Å². The molecule has 112 valence electrons. The first-order valence-electron chi connectivity index (χ1n) is 8.14. The molecule has 3 heteroatoms. The maximum atomic E-state index is 4.39. The van der Waals surface area contributed by atoms with Crippen LogP contribution in [0, 0.1) is 0 Å². The van der Waals surface area contributed by atoms with Crippen LogP contribution < -0.4 is 0 Å². The predicted molar refractivity (Wildman–Crippen MR) is 86.5 cm³/mol. The van der Waals surface area contributed by atoms with Crippen LogP contribution in [0.15, 0.2) is 42.7 Å². The average molecular weight is 283 g/mol. The minimum atomic E-state index is 0.752. The van der Waals surface area contributed by atoms with Crippen molar-refractivity contribution in [2.75, 3.05) is 19.6 Å². The van der Waals surface area contributed by atoms with E-state index >= 15 is 0 Å². The van der Waals surface area contributed by atoms with Crippen molar-refractivity contribution in [1.82, 2.24) is 14.5 Å². The molecule has 0 N–H and O–H groups in total. The lowest BCUT2D eigenvalue weighted by atomic mass is 9.89. The Hall–Kier alpha value is -1.61. The van der Waals surface area contributed by atoms with E-state index in [1.54, 1.807) is 0 Å². The molecule has 0 unspecified atom stereocenters. The molecule has 2 aromatic rings. The highest BCUT2D eigenvalue weighted by Crippen LogP contribution is 2.27. The first-order chi connectivity index (χ1) is 10.4. The predicted octanol–water partition coefficient (Wildman–Crippen LogP) is 3.33. The van der Waals surface area contributed by atoms with Gasteiger partial charge in [-0.2, -0.15) is 0 Å². The van der Waals surface area contributed by atoms with Crippen molar-refractivity contribution in [2.45, 2.75) is 38.6 Å². The number of aryl methyl sites for hydroxylation is 1. The summed E-state index contributed by atoms with van der Waals surface area (Å²) in [5.41, 5.74) is 1.51. The first-order valence-corrected chi connectivity index (χ1v) is 8.14. The molecule has 1 fully saturated rings. The lowest BCUT2D eigenvalue weighted by Gasteiger charge is -2.32. The van der Waals surface area contributed by atoms with Crippen LogP contribution in [0.5, 0.6) is 0 Å². The van der Waals surface area contributed by atoms with Crippen molar-refractivity contribution in [2.24, 2.45) is 0 Å². The van der Waals surface area contributed by atoms with E-state index in [-0.39, 0.29) is 0 Å². The van der Waals surface area contributed by atoms with Crippen LogP contribution in [0.3, 0.4) is 0 Å². The Balaban J connectivity index is 1.48. The summed E-state index contributed by atoms with van der Waals surface area (Å²) in [5, 5.41) is 0. The molecule has 0 atom stereocenters. The monoisotopic (exact) mass is 283 g/mol. The number of nitrogens with zero attached hydrogens (tertiary/aromatic N) is 3. The molecule has 1 saturated heterocycles. The van der Waals surface area contributed by atoms with Crippen LogP contribution in [0.2, 0.25) is 0 Å². The second-order valence-corrected chi connectivity index (χ2v) is 5.92. The van der Waals surface area contributed by atoms with Crippen LogP contribution >= 0.6 is 0 Å². The van der Waals surface area contributed by atoms with E-state index in [1.807, 2.05) is 6.20 Å². The van der Waals surface area contributed by atoms with Crippen molar-refractivity contribution in [3.05, 3.63) is 54.1 Å². The van der Waals surface area contributed by atoms with Gasteiger partial charge in [0.1, 0.15) is 5.82 Å². The molecule has 0 aliphatic carbocycles. The summed E-state index contributed by atoms with van der Waals surface area (Å²) in [7, 11) is 0. The minimum Gasteiger partial charge on any atom is -0.334 e. The third-order valence-corrected chi connectivity index (χ3v) is 4.63. The van der Waals surface area contributed by atoms with Gasteiger partial charge in [-0.1, -0.05) is 37.3 Å². The summed E-state index contributed by atoms with van der Waals surface area (Å²) >= 11 is 0. The number of imidazole rings is 1. The minimum absolute atomic E-state index is 0.752. The lowest BCUT2D eigenvalue weighted by molar-refractivity contribution is 0.204. The highest BCUT2D eigenvalue weighted by Gasteiger charge is 2.20. The summed E-state index contributed by atoms with van der Waals surface area (Å²) in [4.78, 5) is 6.99. The Labute approximate surface area is 127 Å². The Kier molecular flexibility index (Phi) is 4.71. The molecular formula is C18H25N3. The topological polar surface area (TPSA) is 21.1 Å². The first kappa shape index (κ1) is 14.3. The molecule has 1 aliphatic heterocycles. The van der Waals surface area contributed by atoms with Gasteiger partial charge in [-0.05, 0) is 37.4 Å². The zero-order valence-electron chi connectivity index (χ0n) is 12.9. The standard InChI is InChI=1S/C18H25N3/c1-2-18-19-10-13-21(18)15-14-20-11-8-17(9-12-20)16-6-4-3-5-7-16/h3-7,10,13,17H,2,8-9,11-12,14-15H2,1H3. The molecule has 0 amide bonds. The van der Waals surface area contributed by atoms with Gasteiger partial charge in [0.25, 0.3) is 0 Å². The molecular weight excluding hydrogens is 258 g/mol. The van der Waals surface area contributed by atoms with Crippen LogP contribution in [0.1, 0.15) is 37.1 Å². The third kappa shape index (κ3) is 3.53.